The highest BCUT2D eigenvalue weighted by atomic mass is 19.1. The highest BCUT2D eigenvalue weighted by Crippen LogP contribution is 2.35. The molecule has 0 unspecified atom stereocenters. The monoisotopic (exact) mass is 471 g/mol. The lowest BCUT2D eigenvalue weighted by Crippen LogP contribution is -2.57. The summed E-state index contributed by atoms with van der Waals surface area (Å²) < 4.78 is 13.2. The number of anilines is 1. The lowest BCUT2D eigenvalue weighted by atomic mass is 10.0. The van der Waals surface area contributed by atoms with Crippen LogP contribution in [0, 0.1) is 12.7 Å². The van der Waals surface area contributed by atoms with Crippen LogP contribution in [0.25, 0.3) is 11.6 Å². The Balaban J connectivity index is 1.27. The number of hydrogen-bond donors (Lipinski definition) is 1. The molecular weight excluding hydrogens is 441 g/mol. The fourth-order valence-electron chi connectivity index (χ4n) is 4.88. The highest BCUT2D eigenvalue weighted by molar-refractivity contribution is 5.91. The number of aryl methyl sites for hydroxylation is 1. The number of carbonyl (C=O) groups is 1. The molecule has 5 rings (SSSR count). The van der Waals surface area contributed by atoms with Crippen LogP contribution < -0.4 is 10.2 Å². The molecule has 0 spiro atoms. The van der Waals surface area contributed by atoms with E-state index < -0.39 is 0 Å². The van der Waals surface area contributed by atoms with Gasteiger partial charge in [0.15, 0.2) is 0 Å². The number of urea groups is 1. The molecule has 2 amide bonds. The third-order valence-corrected chi connectivity index (χ3v) is 6.94. The van der Waals surface area contributed by atoms with Gasteiger partial charge in [0.1, 0.15) is 18.0 Å². The van der Waals surface area contributed by atoms with Gasteiger partial charge in [-0.2, -0.15) is 0 Å². The van der Waals surface area contributed by atoms with E-state index in [9.17, 15) is 9.18 Å². The molecule has 3 aromatic rings. The molecule has 1 aliphatic heterocycles. The summed E-state index contributed by atoms with van der Waals surface area (Å²) >= 11 is 0. The van der Waals surface area contributed by atoms with E-state index in [0.717, 1.165) is 29.1 Å². The maximum absolute atomic E-state index is 13.2. The van der Waals surface area contributed by atoms with E-state index in [4.69, 9.17) is 0 Å². The van der Waals surface area contributed by atoms with Crippen LogP contribution in [-0.4, -0.2) is 46.6 Å². The van der Waals surface area contributed by atoms with E-state index in [2.05, 4.69) is 64.4 Å². The molecule has 7 heteroatoms. The first kappa shape index (κ1) is 23.0. The summed E-state index contributed by atoms with van der Waals surface area (Å²) in [7, 11) is 0. The molecule has 180 valence electrons. The van der Waals surface area contributed by atoms with Gasteiger partial charge >= 0.3 is 6.03 Å². The van der Waals surface area contributed by atoms with Crippen LogP contribution in [-0.2, 0) is 6.42 Å². The predicted molar refractivity (Wildman–Crippen MR) is 137 cm³/mol. The number of halogens is 1. The fourth-order valence-corrected chi connectivity index (χ4v) is 4.88. The van der Waals surface area contributed by atoms with Crippen molar-refractivity contribution in [2.24, 2.45) is 0 Å². The fraction of sp³-hybridized carbons (Fsp3) is 0.321. The number of carbonyl (C=O) groups excluding carboxylic acids is 1. The van der Waals surface area contributed by atoms with E-state index in [-0.39, 0.29) is 23.9 Å². The average Bonchev–Trinajstić information content (AvgIpc) is 3.29. The average molecular weight is 472 g/mol. The Bertz CT molecular complexity index is 1260. The van der Waals surface area contributed by atoms with Crippen LogP contribution in [0.15, 0.2) is 54.9 Å². The summed E-state index contributed by atoms with van der Waals surface area (Å²) in [5.74, 6) is 0.651. The molecule has 0 radical (unpaired) electrons. The van der Waals surface area contributed by atoms with Gasteiger partial charge in [0.2, 0.25) is 0 Å². The van der Waals surface area contributed by atoms with Crippen molar-refractivity contribution in [1.29, 1.82) is 0 Å². The first-order chi connectivity index (χ1) is 16.9. The lowest BCUT2D eigenvalue weighted by Gasteiger charge is -2.41. The lowest BCUT2D eigenvalue weighted by molar-refractivity contribution is 0.168. The molecule has 1 aromatic heterocycles. The Labute approximate surface area is 205 Å². The number of aromatic nitrogens is 2. The maximum atomic E-state index is 13.2. The first-order valence-electron chi connectivity index (χ1n) is 12.1. The summed E-state index contributed by atoms with van der Waals surface area (Å²) in [4.78, 5) is 26.3. The summed E-state index contributed by atoms with van der Waals surface area (Å²) in [6.07, 6.45) is 4.66. The van der Waals surface area contributed by atoms with E-state index in [1.807, 2.05) is 11.8 Å². The van der Waals surface area contributed by atoms with Gasteiger partial charge in [-0.3, -0.25) is 0 Å². The molecule has 1 fully saturated rings. The molecule has 1 aliphatic carbocycles. The smallest absolute Gasteiger partial charge is 0.318 e. The minimum absolute atomic E-state index is 0.0109. The summed E-state index contributed by atoms with van der Waals surface area (Å²) in [6.45, 7) is 8.04. The van der Waals surface area contributed by atoms with Crippen molar-refractivity contribution in [3.8, 4) is 0 Å². The second-order valence-electron chi connectivity index (χ2n) is 9.48. The second kappa shape index (κ2) is 9.49. The first-order valence-corrected chi connectivity index (χ1v) is 12.1. The number of piperazine rings is 1. The van der Waals surface area contributed by atoms with E-state index in [1.165, 1.54) is 28.8 Å². The highest BCUT2D eigenvalue weighted by Gasteiger charge is 2.31. The van der Waals surface area contributed by atoms with Gasteiger partial charge in [0.05, 0.1) is 11.7 Å². The largest absolute Gasteiger partial charge is 0.352 e. The number of amides is 2. The van der Waals surface area contributed by atoms with Crippen LogP contribution in [0.2, 0.25) is 0 Å². The number of fused-ring (bicyclic) bond motifs is 1. The predicted octanol–water partition coefficient (Wildman–Crippen LogP) is 5.00. The van der Waals surface area contributed by atoms with Gasteiger partial charge in [-0.1, -0.05) is 42.0 Å². The molecule has 0 bridgehead atoms. The van der Waals surface area contributed by atoms with Crippen LogP contribution in [0.3, 0.4) is 0 Å². The Morgan fingerprint density at radius 1 is 1.09 bits per heavy atom. The van der Waals surface area contributed by atoms with Crippen molar-refractivity contribution in [3.63, 3.8) is 0 Å². The number of nitrogens with one attached hydrogen (secondary N) is 1. The van der Waals surface area contributed by atoms with Gasteiger partial charge in [0.25, 0.3) is 0 Å². The van der Waals surface area contributed by atoms with Crippen LogP contribution in [0.1, 0.15) is 47.8 Å². The molecule has 35 heavy (non-hydrogen) atoms. The van der Waals surface area contributed by atoms with Crippen LogP contribution >= 0.6 is 0 Å². The van der Waals surface area contributed by atoms with Crippen LogP contribution in [0.5, 0.6) is 0 Å². The van der Waals surface area contributed by atoms with Crippen molar-refractivity contribution >= 4 is 23.5 Å². The molecule has 1 saturated heterocycles. The van der Waals surface area contributed by atoms with E-state index in [0.29, 0.717) is 19.6 Å². The third kappa shape index (κ3) is 4.76. The molecule has 2 heterocycles. The Kier molecular flexibility index (Phi) is 6.24. The van der Waals surface area contributed by atoms with Crippen molar-refractivity contribution in [1.82, 2.24) is 20.2 Å². The maximum Gasteiger partial charge on any atom is 0.318 e. The quantitative estimate of drug-likeness (QED) is 0.582. The molecule has 2 aliphatic rings. The molecule has 2 atom stereocenters. The van der Waals surface area contributed by atoms with E-state index >= 15 is 0 Å². The van der Waals surface area contributed by atoms with Crippen molar-refractivity contribution in [3.05, 3.63) is 88.6 Å². The van der Waals surface area contributed by atoms with Gasteiger partial charge in [-0.05, 0) is 55.7 Å². The van der Waals surface area contributed by atoms with Crippen molar-refractivity contribution < 1.29 is 9.18 Å². The number of rotatable bonds is 4. The van der Waals surface area contributed by atoms with E-state index in [1.54, 1.807) is 18.5 Å². The molecule has 1 N–H and O–H groups in total. The zero-order valence-electron chi connectivity index (χ0n) is 20.3. The molecular formula is C28H30FN5O. The summed E-state index contributed by atoms with van der Waals surface area (Å²) in [5, 5.41) is 3.05. The third-order valence-electron chi connectivity index (χ3n) is 6.94. The number of nitrogens with zero attached hydrogens (tertiary/aromatic N) is 4. The SMILES string of the molecule is Cc1ccc(C2=Cc3c(ncnc3N3CCN(C(=O)N[C@H](C)c4ccc(F)cc4)[C@H](C)C3)C2)cc1. The summed E-state index contributed by atoms with van der Waals surface area (Å²) in [6, 6.07) is 14.5. The zero-order chi connectivity index (χ0) is 24.5. The topological polar surface area (TPSA) is 61.4 Å². The molecule has 2 aromatic carbocycles. The van der Waals surface area contributed by atoms with Crippen molar-refractivity contribution in [2.45, 2.75) is 39.3 Å². The standard InChI is InChI=1S/C28H30FN5O/c1-18-4-6-22(7-5-18)23-14-25-26(15-23)30-17-31-27(25)33-12-13-34(19(2)16-33)28(35)32-20(3)21-8-10-24(29)11-9-21/h4-11,14,17,19-20H,12-13,15-16H2,1-3H3,(H,32,35)/t19-,20-/m1/s1. The molecule has 6 nitrogen and oxygen atoms in total. The summed E-state index contributed by atoms with van der Waals surface area (Å²) in [5.41, 5.74) is 6.71. The Morgan fingerprint density at radius 2 is 1.83 bits per heavy atom. The van der Waals surface area contributed by atoms with Crippen molar-refractivity contribution in [2.75, 3.05) is 24.5 Å². The van der Waals surface area contributed by atoms with Gasteiger partial charge in [-0.15, -0.1) is 0 Å². The van der Waals surface area contributed by atoms with Gasteiger partial charge in [0, 0.05) is 37.7 Å². The normalized spacial score (nSPS) is 18.2. The second-order valence-corrected chi connectivity index (χ2v) is 9.48. The minimum Gasteiger partial charge on any atom is -0.352 e. The Morgan fingerprint density at radius 3 is 2.54 bits per heavy atom. The minimum atomic E-state index is -0.283. The van der Waals surface area contributed by atoms with Gasteiger partial charge in [-0.25, -0.2) is 19.2 Å². The molecule has 0 saturated carbocycles. The van der Waals surface area contributed by atoms with Gasteiger partial charge < -0.3 is 15.1 Å². The zero-order valence-corrected chi connectivity index (χ0v) is 20.3. The number of hydrogen-bond acceptors (Lipinski definition) is 4. The van der Waals surface area contributed by atoms with Crippen LogP contribution in [0.4, 0.5) is 15.0 Å². The number of benzene rings is 2. The number of allylic oxidation sites excluding steroid dienone is 1. The Hall–Kier alpha value is -3.74.